The molecule has 1 aliphatic rings. The first-order valence-electron chi connectivity index (χ1n) is 8.82. The molecule has 1 aliphatic heterocycles. The Balaban J connectivity index is 1.50. The lowest BCUT2D eigenvalue weighted by atomic mass is 10.1. The van der Waals surface area contributed by atoms with E-state index in [1.807, 2.05) is 0 Å². The quantitative estimate of drug-likeness (QED) is 0.809. The Kier molecular flexibility index (Phi) is 5.98. The third-order valence-corrected chi connectivity index (χ3v) is 5.29. The van der Waals surface area contributed by atoms with E-state index in [1.54, 1.807) is 22.4 Å². The predicted octanol–water partition coefficient (Wildman–Crippen LogP) is 2.81. The summed E-state index contributed by atoms with van der Waals surface area (Å²) < 4.78 is 12.9. The summed E-state index contributed by atoms with van der Waals surface area (Å²) in [7, 11) is 0. The zero-order valence-electron chi connectivity index (χ0n) is 14.7. The molecule has 26 heavy (non-hydrogen) atoms. The number of carbonyl (C=O) groups excluding carboxylic acids is 2. The van der Waals surface area contributed by atoms with Crippen LogP contribution in [0.15, 0.2) is 29.6 Å². The van der Waals surface area contributed by atoms with E-state index in [1.165, 1.54) is 23.5 Å². The fourth-order valence-corrected chi connectivity index (χ4v) is 3.88. The highest BCUT2D eigenvalue weighted by Gasteiger charge is 2.30. The highest BCUT2D eigenvalue weighted by atomic mass is 32.1. The SMILES string of the molecule is CCCc1nc(C(=O)N[C@H]2CC(=O)N(CCc3ccc(F)cc3)C2)cs1. The van der Waals surface area contributed by atoms with Gasteiger partial charge in [-0.25, -0.2) is 9.37 Å². The monoisotopic (exact) mass is 375 g/mol. The second-order valence-electron chi connectivity index (χ2n) is 6.47. The number of aryl methyl sites for hydroxylation is 1. The van der Waals surface area contributed by atoms with Crippen molar-refractivity contribution in [2.24, 2.45) is 0 Å². The summed E-state index contributed by atoms with van der Waals surface area (Å²) in [6, 6.07) is 6.10. The number of aromatic nitrogens is 1. The maximum Gasteiger partial charge on any atom is 0.271 e. The first-order valence-corrected chi connectivity index (χ1v) is 9.70. The van der Waals surface area contributed by atoms with Crippen LogP contribution in [0.2, 0.25) is 0 Å². The Bertz CT molecular complexity index is 775. The van der Waals surface area contributed by atoms with Crippen molar-refractivity contribution in [3.05, 3.63) is 51.7 Å². The Labute approximate surface area is 156 Å². The molecule has 0 spiro atoms. The Morgan fingerprint density at radius 3 is 2.85 bits per heavy atom. The van der Waals surface area contributed by atoms with Gasteiger partial charge >= 0.3 is 0 Å². The minimum absolute atomic E-state index is 0.0300. The zero-order chi connectivity index (χ0) is 18.5. The van der Waals surface area contributed by atoms with Crippen LogP contribution >= 0.6 is 11.3 Å². The molecule has 0 saturated carbocycles. The normalized spacial score (nSPS) is 16.9. The molecule has 1 aromatic heterocycles. The largest absolute Gasteiger partial charge is 0.346 e. The second-order valence-corrected chi connectivity index (χ2v) is 7.41. The van der Waals surface area contributed by atoms with Crippen LogP contribution < -0.4 is 5.32 Å². The molecule has 1 aromatic carbocycles. The van der Waals surface area contributed by atoms with E-state index in [9.17, 15) is 14.0 Å². The molecule has 1 saturated heterocycles. The van der Waals surface area contributed by atoms with E-state index < -0.39 is 0 Å². The van der Waals surface area contributed by atoms with Crippen molar-refractivity contribution in [2.75, 3.05) is 13.1 Å². The van der Waals surface area contributed by atoms with Gasteiger partial charge in [0.2, 0.25) is 5.91 Å². The third-order valence-electron chi connectivity index (χ3n) is 4.38. The van der Waals surface area contributed by atoms with Gasteiger partial charge in [0.1, 0.15) is 11.5 Å². The van der Waals surface area contributed by atoms with Crippen LogP contribution in [0, 0.1) is 5.82 Å². The highest BCUT2D eigenvalue weighted by molar-refractivity contribution is 7.09. The summed E-state index contributed by atoms with van der Waals surface area (Å²) in [4.78, 5) is 30.6. The maximum atomic E-state index is 12.9. The number of amides is 2. The number of thiazole rings is 1. The van der Waals surface area contributed by atoms with Gasteiger partial charge in [-0.15, -0.1) is 11.3 Å². The molecule has 1 N–H and O–H groups in total. The van der Waals surface area contributed by atoms with E-state index in [0.717, 1.165) is 23.4 Å². The van der Waals surface area contributed by atoms with Crippen molar-refractivity contribution in [3.8, 4) is 0 Å². The predicted molar refractivity (Wildman–Crippen MR) is 98.7 cm³/mol. The van der Waals surface area contributed by atoms with Gasteiger partial charge in [-0.05, 0) is 37.0 Å². The third kappa shape index (κ3) is 4.66. The van der Waals surface area contributed by atoms with Crippen molar-refractivity contribution >= 4 is 23.2 Å². The Morgan fingerprint density at radius 2 is 2.12 bits per heavy atom. The standard InChI is InChI=1S/C19H22FN3O2S/c1-2-3-17-22-16(12-26-17)19(25)21-15-10-18(24)23(11-15)9-8-13-4-6-14(20)7-5-13/h4-7,12,15H,2-3,8-11H2,1H3,(H,21,25)/t15-/m0/s1. The van der Waals surface area contributed by atoms with Crippen molar-refractivity contribution in [2.45, 2.75) is 38.6 Å². The number of carbonyl (C=O) groups is 2. The van der Waals surface area contributed by atoms with Gasteiger partial charge in [0.25, 0.3) is 5.91 Å². The molecule has 0 bridgehead atoms. The summed E-state index contributed by atoms with van der Waals surface area (Å²) in [6.45, 7) is 3.14. The first kappa shape index (κ1) is 18.5. The number of hydrogen-bond acceptors (Lipinski definition) is 4. The van der Waals surface area contributed by atoms with Crippen molar-refractivity contribution < 1.29 is 14.0 Å². The van der Waals surface area contributed by atoms with Gasteiger partial charge in [0.15, 0.2) is 0 Å². The summed E-state index contributed by atoms with van der Waals surface area (Å²) in [5.41, 5.74) is 1.41. The first-order chi connectivity index (χ1) is 12.5. The van der Waals surface area contributed by atoms with Crippen LogP contribution in [0.4, 0.5) is 4.39 Å². The lowest BCUT2D eigenvalue weighted by Crippen LogP contribution is -2.37. The molecule has 138 valence electrons. The Morgan fingerprint density at radius 1 is 1.35 bits per heavy atom. The average molecular weight is 375 g/mol. The van der Waals surface area contributed by atoms with Crippen molar-refractivity contribution in [1.82, 2.24) is 15.2 Å². The summed E-state index contributed by atoms with van der Waals surface area (Å²) in [5.74, 6) is -0.456. The van der Waals surface area contributed by atoms with Crippen LogP contribution in [0.3, 0.4) is 0 Å². The lowest BCUT2D eigenvalue weighted by molar-refractivity contribution is -0.127. The fourth-order valence-electron chi connectivity index (χ4n) is 3.00. The van der Waals surface area contributed by atoms with Crippen LogP contribution in [-0.4, -0.2) is 40.8 Å². The van der Waals surface area contributed by atoms with Crippen LogP contribution in [0.1, 0.15) is 40.8 Å². The number of nitrogens with one attached hydrogen (secondary N) is 1. The molecular formula is C19H22FN3O2S. The number of halogens is 1. The molecule has 1 fully saturated rings. The molecule has 2 aromatic rings. The van der Waals surface area contributed by atoms with Crippen LogP contribution in [0.5, 0.6) is 0 Å². The molecule has 0 aliphatic carbocycles. The van der Waals surface area contributed by atoms with E-state index in [0.29, 0.717) is 31.6 Å². The number of benzene rings is 1. The maximum absolute atomic E-state index is 12.9. The summed E-state index contributed by atoms with van der Waals surface area (Å²) >= 11 is 1.49. The Hall–Kier alpha value is -2.28. The second kappa shape index (κ2) is 8.40. The molecule has 2 heterocycles. The number of rotatable bonds is 7. The van der Waals surface area contributed by atoms with E-state index in [2.05, 4.69) is 17.2 Å². The number of likely N-dealkylation sites (tertiary alicyclic amines) is 1. The van der Waals surface area contributed by atoms with E-state index in [4.69, 9.17) is 0 Å². The van der Waals surface area contributed by atoms with Crippen molar-refractivity contribution in [3.63, 3.8) is 0 Å². The average Bonchev–Trinajstić information content (AvgIpc) is 3.21. The van der Waals surface area contributed by atoms with Gasteiger partial charge in [0.05, 0.1) is 11.0 Å². The highest BCUT2D eigenvalue weighted by Crippen LogP contribution is 2.15. The smallest absolute Gasteiger partial charge is 0.271 e. The molecule has 0 radical (unpaired) electrons. The van der Waals surface area contributed by atoms with Crippen LogP contribution in [-0.2, 0) is 17.6 Å². The van der Waals surface area contributed by atoms with Gasteiger partial charge < -0.3 is 10.2 Å². The topological polar surface area (TPSA) is 62.3 Å². The molecule has 1 atom stereocenters. The lowest BCUT2D eigenvalue weighted by Gasteiger charge is -2.17. The minimum atomic E-state index is -0.266. The number of hydrogen-bond donors (Lipinski definition) is 1. The van der Waals surface area contributed by atoms with Crippen LogP contribution in [0.25, 0.3) is 0 Å². The molecular weight excluding hydrogens is 353 g/mol. The van der Waals surface area contributed by atoms with Gasteiger partial charge in [-0.1, -0.05) is 19.1 Å². The zero-order valence-corrected chi connectivity index (χ0v) is 15.5. The molecule has 5 nitrogen and oxygen atoms in total. The molecule has 0 unspecified atom stereocenters. The molecule has 2 amide bonds. The van der Waals surface area contributed by atoms with E-state index in [-0.39, 0.29) is 23.7 Å². The molecule has 3 rings (SSSR count). The van der Waals surface area contributed by atoms with Gasteiger partial charge in [-0.3, -0.25) is 9.59 Å². The minimum Gasteiger partial charge on any atom is -0.346 e. The fraction of sp³-hybridized carbons (Fsp3) is 0.421. The van der Waals surface area contributed by atoms with E-state index >= 15 is 0 Å². The number of nitrogens with zero attached hydrogens (tertiary/aromatic N) is 2. The summed E-state index contributed by atoms with van der Waals surface area (Å²) in [5, 5.41) is 5.64. The van der Waals surface area contributed by atoms with Gasteiger partial charge in [-0.2, -0.15) is 0 Å². The van der Waals surface area contributed by atoms with Gasteiger partial charge in [0, 0.05) is 24.9 Å². The molecule has 7 heteroatoms. The van der Waals surface area contributed by atoms with Crippen molar-refractivity contribution in [1.29, 1.82) is 0 Å². The summed E-state index contributed by atoms with van der Waals surface area (Å²) in [6.07, 6.45) is 2.84.